The van der Waals surface area contributed by atoms with Gasteiger partial charge in [0.2, 0.25) is 5.89 Å². The summed E-state index contributed by atoms with van der Waals surface area (Å²) in [6, 6.07) is 13.0. The Bertz CT molecular complexity index is 817. The molecule has 0 spiro atoms. The quantitative estimate of drug-likeness (QED) is 0.698. The Kier molecular flexibility index (Phi) is 4.48. The Labute approximate surface area is 138 Å². The van der Waals surface area contributed by atoms with Gasteiger partial charge < -0.3 is 13.9 Å². The molecule has 0 amide bonds. The number of hydrogen-bond acceptors (Lipinski definition) is 5. The molecule has 2 aromatic carbocycles. The maximum absolute atomic E-state index is 6.12. The Hall–Kier alpha value is -2.53. The zero-order valence-corrected chi connectivity index (χ0v) is 13.5. The summed E-state index contributed by atoms with van der Waals surface area (Å²) in [6.07, 6.45) is 0. The van der Waals surface area contributed by atoms with Crippen LogP contribution in [-0.2, 0) is 6.61 Å². The molecule has 118 valence electrons. The fourth-order valence-corrected chi connectivity index (χ4v) is 2.31. The number of aryl methyl sites for hydroxylation is 1. The molecule has 0 atom stereocenters. The molecule has 0 saturated carbocycles. The van der Waals surface area contributed by atoms with Gasteiger partial charge in [-0.3, -0.25) is 0 Å². The zero-order valence-electron chi connectivity index (χ0n) is 12.7. The van der Waals surface area contributed by atoms with Crippen LogP contribution in [0.25, 0.3) is 11.5 Å². The normalized spacial score (nSPS) is 10.6. The van der Waals surface area contributed by atoms with Gasteiger partial charge in [-0.05, 0) is 36.8 Å². The summed E-state index contributed by atoms with van der Waals surface area (Å²) in [5, 5.41) is 8.54. The summed E-state index contributed by atoms with van der Waals surface area (Å²) >= 11 is 6.12. The first-order valence-corrected chi connectivity index (χ1v) is 7.40. The molecular weight excluding hydrogens is 316 g/mol. The Morgan fingerprint density at radius 2 is 1.91 bits per heavy atom. The van der Waals surface area contributed by atoms with Crippen molar-refractivity contribution in [2.75, 3.05) is 7.11 Å². The molecule has 0 unspecified atom stereocenters. The molecule has 0 aliphatic heterocycles. The van der Waals surface area contributed by atoms with Gasteiger partial charge in [-0.25, -0.2) is 0 Å². The highest BCUT2D eigenvalue weighted by Gasteiger charge is 2.13. The fraction of sp³-hybridized carbons (Fsp3) is 0.176. The number of nitrogens with zero attached hydrogens (tertiary/aromatic N) is 2. The number of aromatic nitrogens is 2. The van der Waals surface area contributed by atoms with Crippen molar-refractivity contribution in [1.29, 1.82) is 0 Å². The summed E-state index contributed by atoms with van der Waals surface area (Å²) in [5.74, 6) is 2.01. The summed E-state index contributed by atoms with van der Waals surface area (Å²) < 4.78 is 16.6. The van der Waals surface area contributed by atoms with Crippen LogP contribution in [-0.4, -0.2) is 17.3 Å². The Balaban J connectivity index is 1.74. The molecule has 0 saturated heterocycles. The first-order chi connectivity index (χ1) is 11.2. The third kappa shape index (κ3) is 3.46. The minimum Gasteiger partial charge on any atom is -0.493 e. The van der Waals surface area contributed by atoms with Gasteiger partial charge in [0, 0.05) is 0 Å². The number of ether oxygens (including phenoxy) is 2. The highest BCUT2D eigenvalue weighted by atomic mass is 35.5. The van der Waals surface area contributed by atoms with E-state index in [9.17, 15) is 0 Å². The molecule has 3 rings (SSSR count). The molecule has 23 heavy (non-hydrogen) atoms. The van der Waals surface area contributed by atoms with E-state index in [0.717, 1.165) is 5.56 Å². The first kappa shape index (κ1) is 15.4. The molecule has 1 aromatic heterocycles. The van der Waals surface area contributed by atoms with Gasteiger partial charge >= 0.3 is 0 Å². The maximum Gasteiger partial charge on any atom is 0.254 e. The number of methoxy groups -OCH3 is 1. The van der Waals surface area contributed by atoms with E-state index >= 15 is 0 Å². The summed E-state index contributed by atoms with van der Waals surface area (Å²) in [5.41, 5.74) is 1.79. The second kappa shape index (κ2) is 6.71. The molecular formula is C17H15ClN2O3. The number of hydrogen-bond donors (Lipinski definition) is 0. The molecule has 0 bridgehead atoms. The lowest BCUT2D eigenvalue weighted by Gasteiger charge is -2.09. The van der Waals surface area contributed by atoms with Crippen LogP contribution in [0.15, 0.2) is 46.9 Å². The molecule has 0 radical (unpaired) electrons. The van der Waals surface area contributed by atoms with Gasteiger partial charge in [-0.1, -0.05) is 29.8 Å². The van der Waals surface area contributed by atoms with Crippen molar-refractivity contribution >= 4 is 11.6 Å². The van der Waals surface area contributed by atoms with E-state index in [0.29, 0.717) is 33.9 Å². The third-order valence-corrected chi connectivity index (χ3v) is 3.57. The standard InChI is InChI=1S/C17H15ClN2O3/c1-11-7-8-14(15(9-11)21-2)22-10-16-19-20-17(23-16)12-5-3-4-6-13(12)18/h3-9H,10H2,1-2H3. The van der Waals surface area contributed by atoms with E-state index in [-0.39, 0.29) is 6.61 Å². The van der Waals surface area contributed by atoms with Crippen LogP contribution in [0.1, 0.15) is 11.5 Å². The van der Waals surface area contributed by atoms with Crippen molar-refractivity contribution in [1.82, 2.24) is 10.2 Å². The molecule has 0 fully saturated rings. The highest BCUT2D eigenvalue weighted by Crippen LogP contribution is 2.29. The van der Waals surface area contributed by atoms with Crippen LogP contribution >= 0.6 is 11.6 Å². The molecule has 3 aromatic rings. The van der Waals surface area contributed by atoms with Crippen molar-refractivity contribution in [3.63, 3.8) is 0 Å². The van der Waals surface area contributed by atoms with E-state index < -0.39 is 0 Å². The van der Waals surface area contributed by atoms with Gasteiger partial charge in [0.1, 0.15) is 0 Å². The average Bonchev–Trinajstić information content (AvgIpc) is 3.02. The SMILES string of the molecule is COc1cc(C)ccc1OCc1nnc(-c2ccccc2Cl)o1. The lowest BCUT2D eigenvalue weighted by Crippen LogP contribution is -1.98. The van der Waals surface area contributed by atoms with Crippen molar-refractivity contribution in [2.24, 2.45) is 0 Å². The van der Waals surface area contributed by atoms with Crippen LogP contribution < -0.4 is 9.47 Å². The number of benzene rings is 2. The van der Waals surface area contributed by atoms with Crippen LogP contribution in [0.5, 0.6) is 11.5 Å². The van der Waals surface area contributed by atoms with Crippen molar-refractivity contribution in [3.8, 4) is 23.0 Å². The van der Waals surface area contributed by atoms with Gasteiger partial charge in [0.25, 0.3) is 5.89 Å². The van der Waals surface area contributed by atoms with Crippen molar-refractivity contribution in [3.05, 3.63) is 58.9 Å². The van der Waals surface area contributed by atoms with Crippen LogP contribution in [0.2, 0.25) is 5.02 Å². The van der Waals surface area contributed by atoms with Crippen LogP contribution in [0.4, 0.5) is 0 Å². The Morgan fingerprint density at radius 1 is 1.09 bits per heavy atom. The number of halogens is 1. The van der Waals surface area contributed by atoms with Crippen molar-refractivity contribution in [2.45, 2.75) is 13.5 Å². The largest absolute Gasteiger partial charge is 0.493 e. The first-order valence-electron chi connectivity index (χ1n) is 7.02. The molecule has 6 heteroatoms. The van der Waals surface area contributed by atoms with E-state index in [4.69, 9.17) is 25.5 Å². The molecule has 0 N–H and O–H groups in total. The van der Waals surface area contributed by atoms with Gasteiger partial charge in [-0.2, -0.15) is 0 Å². The second-order valence-corrected chi connectivity index (χ2v) is 5.33. The van der Waals surface area contributed by atoms with E-state index in [1.807, 2.05) is 43.3 Å². The Morgan fingerprint density at radius 3 is 2.70 bits per heavy atom. The summed E-state index contributed by atoms with van der Waals surface area (Å²) in [6.45, 7) is 2.14. The predicted molar refractivity (Wildman–Crippen MR) is 86.8 cm³/mol. The second-order valence-electron chi connectivity index (χ2n) is 4.92. The smallest absolute Gasteiger partial charge is 0.254 e. The lowest BCUT2D eigenvalue weighted by atomic mass is 10.2. The van der Waals surface area contributed by atoms with E-state index in [2.05, 4.69) is 10.2 Å². The fourth-order valence-electron chi connectivity index (χ4n) is 2.09. The molecule has 5 nitrogen and oxygen atoms in total. The lowest BCUT2D eigenvalue weighted by molar-refractivity contribution is 0.251. The maximum atomic E-state index is 6.12. The average molecular weight is 331 g/mol. The monoisotopic (exact) mass is 330 g/mol. The van der Waals surface area contributed by atoms with Gasteiger partial charge in [0.05, 0.1) is 17.7 Å². The summed E-state index contributed by atoms with van der Waals surface area (Å²) in [4.78, 5) is 0. The van der Waals surface area contributed by atoms with Crippen LogP contribution in [0.3, 0.4) is 0 Å². The topological polar surface area (TPSA) is 57.4 Å². The highest BCUT2D eigenvalue weighted by molar-refractivity contribution is 6.33. The third-order valence-electron chi connectivity index (χ3n) is 3.24. The van der Waals surface area contributed by atoms with Crippen molar-refractivity contribution < 1.29 is 13.9 Å². The van der Waals surface area contributed by atoms with Gasteiger partial charge in [0.15, 0.2) is 18.1 Å². The molecule has 1 heterocycles. The molecule has 0 aliphatic rings. The summed E-state index contributed by atoms with van der Waals surface area (Å²) in [7, 11) is 1.60. The minimum absolute atomic E-state index is 0.150. The zero-order chi connectivity index (χ0) is 16.2. The van der Waals surface area contributed by atoms with E-state index in [1.54, 1.807) is 13.2 Å². The molecule has 0 aliphatic carbocycles. The van der Waals surface area contributed by atoms with E-state index in [1.165, 1.54) is 0 Å². The van der Waals surface area contributed by atoms with Crippen LogP contribution in [0, 0.1) is 6.92 Å². The number of rotatable bonds is 5. The minimum atomic E-state index is 0.150. The predicted octanol–water partition coefficient (Wildman–Crippen LogP) is 4.29. The van der Waals surface area contributed by atoms with Gasteiger partial charge in [-0.15, -0.1) is 10.2 Å².